The van der Waals surface area contributed by atoms with Gasteiger partial charge in [0, 0.05) is 10.9 Å². The van der Waals surface area contributed by atoms with Crippen LogP contribution in [0.3, 0.4) is 0 Å². The number of carbonyl (C=O) groups excluding carboxylic acids is 1. The van der Waals surface area contributed by atoms with Crippen LogP contribution in [-0.4, -0.2) is 23.1 Å². The van der Waals surface area contributed by atoms with Crippen molar-refractivity contribution in [2.45, 2.75) is 65.1 Å². The molecule has 2 aromatic rings. The van der Waals surface area contributed by atoms with E-state index in [-0.39, 0.29) is 41.5 Å². The lowest BCUT2D eigenvalue weighted by Crippen LogP contribution is -2.33. The van der Waals surface area contributed by atoms with Crippen LogP contribution >= 0.6 is 11.6 Å². The lowest BCUT2D eigenvalue weighted by atomic mass is 9.71. The predicted molar refractivity (Wildman–Crippen MR) is 124 cm³/mol. The second-order valence-corrected chi connectivity index (χ2v) is 9.70. The SMILES string of the molecule is CCc1cc(C)cc(CC)c1C1=C(O)[C@@H]2[C@@H]3O[C@@H](C[C@H]3c3c(C)cccc3Cl)[C@@H]2C1=O. The van der Waals surface area contributed by atoms with Crippen molar-refractivity contribution in [2.75, 3.05) is 0 Å². The molecule has 2 bridgehead atoms. The standard InChI is InChI=1S/C27H29ClO3/c1-5-15-10-13(3)11-16(6-2)21(15)23-25(29)22-19-12-17(27(31-19)24(22)26(23)30)20-14(4)8-7-9-18(20)28/h7-11,17,19,22,24,27,30H,5-6,12H2,1-4H3/t17-,19-,22-,24+,27+/m0/s1. The van der Waals surface area contributed by atoms with Crippen LogP contribution in [0.15, 0.2) is 36.1 Å². The number of carbonyl (C=O) groups is 1. The van der Waals surface area contributed by atoms with Crippen LogP contribution in [0, 0.1) is 25.7 Å². The molecular formula is C27H29ClO3. The van der Waals surface area contributed by atoms with Crippen molar-refractivity contribution in [2.24, 2.45) is 11.8 Å². The molecule has 162 valence electrons. The smallest absolute Gasteiger partial charge is 0.173 e. The third-order valence-electron chi connectivity index (χ3n) is 7.58. The van der Waals surface area contributed by atoms with Gasteiger partial charge in [-0.3, -0.25) is 4.79 Å². The van der Waals surface area contributed by atoms with Gasteiger partial charge in [-0.25, -0.2) is 0 Å². The summed E-state index contributed by atoms with van der Waals surface area (Å²) in [5.41, 5.74) is 7.20. The van der Waals surface area contributed by atoms with Gasteiger partial charge in [0.15, 0.2) is 5.78 Å². The largest absolute Gasteiger partial charge is 0.511 e. The Morgan fingerprint density at radius 3 is 2.39 bits per heavy atom. The van der Waals surface area contributed by atoms with Gasteiger partial charge in [0.25, 0.3) is 0 Å². The molecule has 4 heteroatoms. The average molecular weight is 437 g/mol. The van der Waals surface area contributed by atoms with Crippen LogP contribution in [0.4, 0.5) is 0 Å². The summed E-state index contributed by atoms with van der Waals surface area (Å²) in [6, 6.07) is 10.2. The Morgan fingerprint density at radius 2 is 1.77 bits per heavy atom. The predicted octanol–water partition coefficient (Wildman–Crippen LogP) is 6.12. The lowest BCUT2D eigenvalue weighted by Gasteiger charge is -2.29. The van der Waals surface area contributed by atoms with E-state index < -0.39 is 0 Å². The topological polar surface area (TPSA) is 46.5 Å². The van der Waals surface area contributed by atoms with Gasteiger partial charge in [0.1, 0.15) is 5.76 Å². The van der Waals surface area contributed by atoms with Gasteiger partial charge in [0.2, 0.25) is 0 Å². The molecule has 5 atom stereocenters. The van der Waals surface area contributed by atoms with E-state index in [1.807, 2.05) is 12.1 Å². The van der Waals surface area contributed by atoms with E-state index in [0.717, 1.165) is 52.1 Å². The van der Waals surface area contributed by atoms with Gasteiger partial charge in [-0.2, -0.15) is 0 Å². The molecule has 0 unspecified atom stereocenters. The summed E-state index contributed by atoms with van der Waals surface area (Å²) in [7, 11) is 0. The Balaban J connectivity index is 1.62. The zero-order valence-corrected chi connectivity index (χ0v) is 19.3. The Kier molecular flexibility index (Phi) is 5.02. The van der Waals surface area contributed by atoms with Gasteiger partial charge in [-0.15, -0.1) is 0 Å². The van der Waals surface area contributed by atoms with Crippen LogP contribution in [0.5, 0.6) is 0 Å². The van der Waals surface area contributed by atoms with E-state index in [1.54, 1.807) is 0 Å². The minimum Gasteiger partial charge on any atom is -0.511 e. The molecular weight excluding hydrogens is 408 g/mol. The highest BCUT2D eigenvalue weighted by Crippen LogP contribution is 2.59. The number of hydrogen-bond donors (Lipinski definition) is 1. The number of aliphatic hydroxyl groups is 1. The van der Waals surface area contributed by atoms with E-state index in [1.165, 1.54) is 5.56 Å². The zero-order chi connectivity index (χ0) is 22.0. The van der Waals surface area contributed by atoms with Crippen molar-refractivity contribution in [1.29, 1.82) is 0 Å². The monoisotopic (exact) mass is 436 g/mol. The summed E-state index contributed by atoms with van der Waals surface area (Å²) in [4.78, 5) is 13.7. The van der Waals surface area contributed by atoms with Gasteiger partial charge < -0.3 is 9.84 Å². The number of aryl methyl sites for hydroxylation is 4. The first kappa shape index (κ1) is 20.8. The van der Waals surface area contributed by atoms with E-state index in [9.17, 15) is 9.90 Å². The Morgan fingerprint density at radius 1 is 1.10 bits per heavy atom. The van der Waals surface area contributed by atoms with Crippen LogP contribution in [0.1, 0.15) is 59.6 Å². The van der Waals surface area contributed by atoms with Crippen LogP contribution in [-0.2, 0) is 22.4 Å². The first-order valence-corrected chi connectivity index (χ1v) is 11.8. The van der Waals surface area contributed by atoms with Crippen molar-refractivity contribution in [3.05, 3.63) is 74.5 Å². The number of Topliss-reactive ketones (excluding diaryl/α,β-unsaturated/α-hetero) is 1. The number of halogens is 1. The maximum Gasteiger partial charge on any atom is 0.173 e. The quantitative estimate of drug-likeness (QED) is 0.627. The number of aliphatic hydroxyl groups excluding tert-OH is 1. The fourth-order valence-electron chi connectivity index (χ4n) is 6.32. The number of fused-ring (bicyclic) bond motifs is 5. The summed E-state index contributed by atoms with van der Waals surface area (Å²) < 4.78 is 6.30. The van der Waals surface area contributed by atoms with Crippen molar-refractivity contribution >= 4 is 23.0 Å². The Bertz CT molecular complexity index is 1070. The number of hydrogen-bond acceptors (Lipinski definition) is 3. The molecule has 2 fully saturated rings. The number of ketones is 1. The summed E-state index contributed by atoms with van der Waals surface area (Å²) in [5.74, 6) is -0.182. The van der Waals surface area contributed by atoms with Crippen LogP contribution in [0.2, 0.25) is 5.02 Å². The zero-order valence-electron chi connectivity index (χ0n) is 18.5. The number of rotatable bonds is 4. The fraction of sp³-hybridized carbons (Fsp3) is 0.444. The molecule has 2 aliphatic heterocycles. The van der Waals surface area contributed by atoms with Gasteiger partial charge in [0.05, 0.1) is 29.6 Å². The number of benzene rings is 2. The highest BCUT2D eigenvalue weighted by atomic mass is 35.5. The van der Waals surface area contributed by atoms with E-state index in [0.29, 0.717) is 5.57 Å². The van der Waals surface area contributed by atoms with Crippen molar-refractivity contribution in [3.8, 4) is 0 Å². The highest BCUT2D eigenvalue weighted by Gasteiger charge is 2.63. The molecule has 2 aromatic carbocycles. The molecule has 3 aliphatic rings. The molecule has 0 radical (unpaired) electrons. The third-order valence-corrected chi connectivity index (χ3v) is 7.91. The van der Waals surface area contributed by atoms with Crippen molar-refractivity contribution in [1.82, 2.24) is 0 Å². The first-order valence-electron chi connectivity index (χ1n) is 11.4. The molecule has 0 amide bonds. The third kappa shape index (κ3) is 2.93. The molecule has 0 aromatic heterocycles. The minimum atomic E-state index is -0.283. The normalized spacial score (nSPS) is 29.2. The van der Waals surface area contributed by atoms with Gasteiger partial charge in [-0.05, 0) is 67.0 Å². The first-order chi connectivity index (χ1) is 14.9. The second-order valence-electron chi connectivity index (χ2n) is 9.29. The summed E-state index contributed by atoms with van der Waals surface area (Å²) in [5, 5.41) is 12.2. The molecule has 1 aliphatic carbocycles. The second kappa shape index (κ2) is 7.50. The lowest BCUT2D eigenvalue weighted by molar-refractivity contribution is -0.118. The van der Waals surface area contributed by atoms with Gasteiger partial charge in [-0.1, -0.05) is 55.3 Å². The molecule has 0 spiro atoms. The number of allylic oxidation sites excluding steroid dienone is 1. The number of ether oxygens (including phenoxy) is 1. The van der Waals surface area contributed by atoms with Gasteiger partial charge >= 0.3 is 0 Å². The van der Waals surface area contributed by atoms with Crippen molar-refractivity contribution < 1.29 is 14.6 Å². The van der Waals surface area contributed by atoms with E-state index >= 15 is 0 Å². The van der Waals surface area contributed by atoms with E-state index in [2.05, 4.69) is 45.9 Å². The summed E-state index contributed by atoms with van der Waals surface area (Å²) >= 11 is 6.58. The fourth-order valence-corrected chi connectivity index (χ4v) is 6.69. The molecule has 2 heterocycles. The summed E-state index contributed by atoms with van der Waals surface area (Å²) in [6.45, 7) is 8.38. The summed E-state index contributed by atoms with van der Waals surface area (Å²) in [6.07, 6.45) is 2.05. The maximum absolute atomic E-state index is 13.7. The van der Waals surface area contributed by atoms with Crippen molar-refractivity contribution in [3.63, 3.8) is 0 Å². The molecule has 2 saturated heterocycles. The van der Waals surface area contributed by atoms with Crippen LogP contribution < -0.4 is 0 Å². The van der Waals surface area contributed by atoms with Crippen LogP contribution in [0.25, 0.3) is 5.57 Å². The molecule has 31 heavy (non-hydrogen) atoms. The molecule has 0 saturated carbocycles. The highest BCUT2D eigenvalue weighted by molar-refractivity contribution is 6.31. The molecule has 5 rings (SSSR count). The maximum atomic E-state index is 13.7. The minimum absolute atomic E-state index is 0.0533. The molecule has 3 nitrogen and oxygen atoms in total. The average Bonchev–Trinajstić information content (AvgIpc) is 3.39. The Labute approximate surface area is 189 Å². The Hall–Kier alpha value is -2.10. The van der Waals surface area contributed by atoms with E-state index in [4.69, 9.17) is 16.3 Å². The molecule has 1 N–H and O–H groups in total.